The number of carbonyl (C=O) groups excluding carboxylic acids is 2. The van der Waals surface area contributed by atoms with Crippen molar-refractivity contribution in [2.45, 2.75) is 13.8 Å². The minimum Gasteiger partial charge on any atom is -0.306 e. The Hall–Kier alpha value is -3.47. The smallest absolute Gasteiger partial charge is 0.257 e. The second kappa shape index (κ2) is 7.61. The molecule has 3 aromatic rings. The number of carbonyl (C=O) groups is 2. The minimum absolute atomic E-state index is 0.238. The highest BCUT2D eigenvalue weighted by Crippen LogP contribution is 2.15. The molecule has 1 heterocycles. The average Bonchev–Trinajstić information content (AvgIpc) is 2.62. The fourth-order valence-corrected chi connectivity index (χ4v) is 2.60. The van der Waals surface area contributed by atoms with Gasteiger partial charge >= 0.3 is 0 Å². The molecule has 0 unspecified atom stereocenters. The third-order valence-corrected chi connectivity index (χ3v) is 4.01. The van der Waals surface area contributed by atoms with Gasteiger partial charge in [0.05, 0.1) is 0 Å². The average molecular weight is 345 g/mol. The lowest BCUT2D eigenvalue weighted by Crippen LogP contribution is -2.17. The number of anilines is 2. The summed E-state index contributed by atoms with van der Waals surface area (Å²) in [5, 5.41) is 5.52. The fourth-order valence-electron chi connectivity index (χ4n) is 2.60. The summed E-state index contributed by atoms with van der Waals surface area (Å²) in [4.78, 5) is 29.1. The lowest BCUT2D eigenvalue weighted by molar-refractivity contribution is 0.101. The molecule has 2 aromatic carbocycles. The van der Waals surface area contributed by atoms with Crippen LogP contribution < -0.4 is 10.6 Å². The molecule has 5 nitrogen and oxygen atoms in total. The quantitative estimate of drug-likeness (QED) is 0.744. The van der Waals surface area contributed by atoms with Gasteiger partial charge in [-0.05, 0) is 49.2 Å². The van der Waals surface area contributed by atoms with Gasteiger partial charge in [0.2, 0.25) is 0 Å². The molecule has 2 amide bonds. The summed E-state index contributed by atoms with van der Waals surface area (Å²) >= 11 is 0. The van der Waals surface area contributed by atoms with Gasteiger partial charge in [0.1, 0.15) is 11.6 Å². The number of aromatic nitrogens is 1. The molecule has 0 aliphatic heterocycles. The van der Waals surface area contributed by atoms with Crippen molar-refractivity contribution in [3.8, 4) is 0 Å². The van der Waals surface area contributed by atoms with Crippen LogP contribution in [0.1, 0.15) is 31.8 Å². The molecular formula is C21H19N3O2. The van der Waals surface area contributed by atoms with Crippen LogP contribution in [0.25, 0.3) is 0 Å². The Morgan fingerprint density at radius 2 is 1.08 bits per heavy atom. The Balaban J connectivity index is 1.74. The second-order valence-electron chi connectivity index (χ2n) is 5.95. The highest BCUT2D eigenvalue weighted by molar-refractivity contribution is 6.06. The number of nitrogens with one attached hydrogen (secondary N) is 2. The Kier molecular flexibility index (Phi) is 5.08. The van der Waals surface area contributed by atoms with E-state index in [4.69, 9.17) is 0 Å². The van der Waals surface area contributed by atoms with Gasteiger partial charge < -0.3 is 10.6 Å². The predicted molar refractivity (Wildman–Crippen MR) is 103 cm³/mol. The molecule has 5 heteroatoms. The third kappa shape index (κ3) is 3.95. The summed E-state index contributed by atoms with van der Waals surface area (Å²) < 4.78 is 0. The van der Waals surface area contributed by atoms with Crippen LogP contribution in [0.4, 0.5) is 11.6 Å². The first-order chi connectivity index (χ1) is 12.5. The van der Waals surface area contributed by atoms with E-state index in [-0.39, 0.29) is 11.8 Å². The van der Waals surface area contributed by atoms with Gasteiger partial charge in [-0.15, -0.1) is 0 Å². The van der Waals surface area contributed by atoms with E-state index in [1.165, 1.54) is 0 Å². The van der Waals surface area contributed by atoms with Crippen LogP contribution in [0.3, 0.4) is 0 Å². The molecule has 0 radical (unpaired) electrons. The van der Waals surface area contributed by atoms with Crippen LogP contribution in [0.5, 0.6) is 0 Å². The number of hydrogen-bond donors (Lipinski definition) is 2. The molecule has 130 valence electrons. The first-order valence-corrected chi connectivity index (χ1v) is 8.25. The zero-order chi connectivity index (χ0) is 18.5. The standard InChI is InChI=1S/C21H19N3O2/c1-14-8-3-5-10-16(14)20(25)23-18-12-7-13-19(22-18)24-21(26)17-11-6-4-9-15(17)2/h3-13H,1-2H3,(H2,22,23,24,25,26). The highest BCUT2D eigenvalue weighted by Gasteiger charge is 2.12. The summed E-state index contributed by atoms with van der Waals surface area (Å²) in [6.07, 6.45) is 0. The SMILES string of the molecule is Cc1ccccc1C(=O)Nc1cccc(NC(=O)c2ccccc2C)n1. The van der Waals surface area contributed by atoms with Crippen LogP contribution in [-0.4, -0.2) is 16.8 Å². The van der Waals surface area contributed by atoms with Gasteiger partial charge in [0.25, 0.3) is 11.8 Å². The normalized spacial score (nSPS) is 10.2. The number of aryl methyl sites for hydroxylation is 2. The third-order valence-electron chi connectivity index (χ3n) is 4.01. The highest BCUT2D eigenvalue weighted by atomic mass is 16.2. The van der Waals surface area contributed by atoms with Gasteiger partial charge in [-0.1, -0.05) is 42.5 Å². The molecule has 0 atom stereocenters. The number of rotatable bonds is 4. The van der Waals surface area contributed by atoms with Crippen LogP contribution in [0.15, 0.2) is 66.7 Å². The summed E-state index contributed by atoms with van der Waals surface area (Å²) in [5.74, 6) is 0.276. The van der Waals surface area contributed by atoms with Crippen LogP contribution in [0.2, 0.25) is 0 Å². The molecule has 3 rings (SSSR count). The summed E-state index contributed by atoms with van der Waals surface area (Å²) in [6, 6.07) is 19.7. The number of nitrogens with zero attached hydrogens (tertiary/aromatic N) is 1. The Labute approximate surface area is 152 Å². The molecule has 0 saturated heterocycles. The van der Waals surface area contributed by atoms with Crippen molar-refractivity contribution < 1.29 is 9.59 Å². The summed E-state index contributed by atoms with van der Waals surface area (Å²) in [6.45, 7) is 3.75. The van der Waals surface area contributed by atoms with Crippen molar-refractivity contribution in [2.24, 2.45) is 0 Å². The maximum Gasteiger partial charge on any atom is 0.257 e. The molecule has 0 fully saturated rings. The van der Waals surface area contributed by atoms with E-state index in [1.54, 1.807) is 30.3 Å². The maximum atomic E-state index is 12.4. The van der Waals surface area contributed by atoms with E-state index in [0.717, 1.165) is 11.1 Å². The Morgan fingerprint density at radius 1 is 0.654 bits per heavy atom. The van der Waals surface area contributed by atoms with Gasteiger partial charge in [-0.3, -0.25) is 9.59 Å². The molecule has 26 heavy (non-hydrogen) atoms. The molecule has 0 aliphatic rings. The number of hydrogen-bond acceptors (Lipinski definition) is 3. The van der Waals surface area contributed by atoms with Gasteiger partial charge in [0.15, 0.2) is 0 Å². The fraction of sp³-hybridized carbons (Fsp3) is 0.0952. The van der Waals surface area contributed by atoms with E-state index in [2.05, 4.69) is 15.6 Å². The van der Waals surface area contributed by atoms with Crippen LogP contribution in [-0.2, 0) is 0 Å². The van der Waals surface area contributed by atoms with Crippen LogP contribution >= 0.6 is 0 Å². The van der Waals surface area contributed by atoms with Crippen molar-refractivity contribution in [3.63, 3.8) is 0 Å². The molecule has 1 aromatic heterocycles. The predicted octanol–water partition coefficient (Wildman–Crippen LogP) is 4.20. The van der Waals surface area contributed by atoms with E-state index in [9.17, 15) is 9.59 Å². The Bertz CT molecular complexity index is 892. The first-order valence-electron chi connectivity index (χ1n) is 8.25. The van der Waals surface area contributed by atoms with Crippen molar-refractivity contribution in [1.29, 1.82) is 0 Å². The number of benzene rings is 2. The van der Waals surface area contributed by atoms with Gasteiger partial charge in [0, 0.05) is 11.1 Å². The molecule has 0 bridgehead atoms. The minimum atomic E-state index is -0.238. The molecule has 2 N–H and O–H groups in total. The van der Waals surface area contributed by atoms with E-state index in [1.807, 2.05) is 50.2 Å². The summed E-state index contributed by atoms with van der Waals surface area (Å²) in [5.41, 5.74) is 2.94. The topological polar surface area (TPSA) is 71.1 Å². The zero-order valence-electron chi connectivity index (χ0n) is 14.6. The monoisotopic (exact) mass is 345 g/mol. The van der Waals surface area contributed by atoms with E-state index < -0.39 is 0 Å². The summed E-state index contributed by atoms with van der Waals surface area (Å²) in [7, 11) is 0. The van der Waals surface area contributed by atoms with Crippen molar-refractivity contribution in [3.05, 3.63) is 89.0 Å². The lowest BCUT2D eigenvalue weighted by Gasteiger charge is -2.10. The van der Waals surface area contributed by atoms with Crippen LogP contribution in [0, 0.1) is 13.8 Å². The van der Waals surface area contributed by atoms with E-state index >= 15 is 0 Å². The largest absolute Gasteiger partial charge is 0.306 e. The van der Waals surface area contributed by atoms with E-state index in [0.29, 0.717) is 22.8 Å². The van der Waals surface area contributed by atoms with Gasteiger partial charge in [-0.2, -0.15) is 0 Å². The number of pyridine rings is 1. The van der Waals surface area contributed by atoms with Crippen molar-refractivity contribution in [2.75, 3.05) is 10.6 Å². The second-order valence-corrected chi connectivity index (χ2v) is 5.95. The lowest BCUT2D eigenvalue weighted by atomic mass is 10.1. The Morgan fingerprint density at radius 3 is 1.50 bits per heavy atom. The van der Waals surface area contributed by atoms with Gasteiger partial charge in [-0.25, -0.2) is 4.98 Å². The van der Waals surface area contributed by atoms with Crippen molar-refractivity contribution >= 4 is 23.5 Å². The first kappa shape index (κ1) is 17.4. The molecule has 0 spiro atoms. The zero-order valence-corrected chi connectivity index (χ0v) is 14.6. The molecular weight excluding hydrogens is 326 g/mol. The molecule has 0 aliphatic carbocycles. The molecule has 0 saturated carbocycles. The maximum absolute atomic E-state index is 12.4. The van der Waals surface area contributed by atoms with Crippen molar-refractivity contribution in [1.82, 2.24) is 4.98 Å². The number of amides is 2.